The molecule has 1 aliphatic carbocycles. The van der Waals surface area contributed by atoms with Gasteiger partial charge in [-0.25, -0.2) is 4.79 Å². The number of carboxylic acids is 1. The summed E-state index contributed by atoms with van der Waals surface area (Å²) in [5.74, 6) is -1.23. The Bertz CT molecular complexity index is 551. The van der Waals surface area contributed by atoms with Crippen LogP contribution >= 0.6 is 0 Å². The molecule has 22 heavy (non-hydrogen) atoms. The van der Waals surface area contributed by atoms with Crippen molar-refractivity contribution in [2.24, 2.45) is 5.41 Å². The number of carbonyl (C=O) groups excluding carboxylic acids is 1. The number of carbonyl (C=O) groups is 2. The van der Waals surface area contributed by atoms with Crippen LogP contribution in [-0.2, 0) is 9.59 Å². The quantitative estimate of drug-likeness (QED) is 0.622. The van der Waals surface area contributed by atoms with Gasteiger partial charge in [0, 0.05) is 25.4 Å². The Morgan fingerprint density at radius 1 is 1.23 bits per heavy atom. The molecule has 0 aromatic heterocycles. The third kappa shape index (κ3) is 5.35. The van der Waals surface area contributed by atoms with E-state index in [0.717, 1.165) is 18.9 Å². The molecule has 0 aromatic rings. The second kappa shape index (κ2) is 7.78. The molecule has 1 amide bonds. The molecule has 1 rings (SSSR count). The van der Waals surface area contributed by atoms with E-state index in [0.29, 0.717) is 0 Å². The topological polar surface area (TPSA) is 57.6 Å². The molecule has 0 aromatic carbocycles. The van der Waals surface area contributed by atoms with E-state index in [4.69, 9.17) is 5.11 Å². The summed E-state index contributed by atoms with van der Waals surface area (Å²) in [7, 11) is 1.69. The highest BCUT2D eigenvalue weighted by molar-refractivity contribution is 5.88. The van der Waals surface area contributed by atoms with Crippen LogP contribution < -0.4 is 0 Å². The van der Waals surface area contributed by atoms with Crippen molar-refractivity contribution in [2.75, 3.05) is 7.05 Å². The van der Waals surface area contributed by atoms with E-state index in [9.17, 15) is 9.59 Å². The minimum absolute atomic E-state index is 0.142. The highest BCUT2D eigenvalue weighted by Gasteiger charge is 2.26. The Hall–Kier alpha value is -2.10. The maximum atomic E-state index is 11.9. The minimum atomic E-state index is -1.03. The number of amides is 1. The standard InChI is InChI=1S/C18H25NO3/c1-14-8-7-12-18(2,3)15(14)11-13-19(4)16(20)9-5-6-10-17(21)22/h5-6,9-11,13H,7-8,12H2,1-4H3,(H,21,22)/b9-5+,10-6+,13-11+. The van der Waals surface area contributed by atoms with Gasteiger partial charge in [-0.2, -0.15) is 0 Å². The monoisotopic (exact) mass is 303 g/mol. The van der Waals surface area contributed by atoms with E-state index in [1.165, 1.54) is 40.7 Å². The number of nitrogens with zero attached hydrogens (tertiary/aromatic N) is 1. The molecule has 0 spiro atoms. The van der Waals surface area contributed by atoms with E-state index >= 15 is 0 Å². The molecular formula is C18H25NO3. The zero-order valence-corrected chi connectivity index (χ0v) is 13.8. The first kappa shape index (κ1) is 18.0. The smallest absolute Gasteiger partial charge is 0.328 e. The first-order valence-electron chi connectivity index (χ1n) is 7.47. The molecule has 120 valence electrons. The van der Waals surface area contributed by atoms with Gasteiger partial charge in [0.15, 0.2) is 0 Å². The van der Waals surface area contributed by atoms with Crippen LogP contribution in [0, 0.1) is 5.41 Å². The van der Waals surface area contributed by atoms with E-state index < -0.39 is 5.97 Å². The molecule has 4 heteroatoms. The van der Waals surface area contributed by atoms with Crippen molar-refractivity contribution < 1.29 is 14.7 Å². The van der Waals surface area contributed by atoms with Crippen LogP contribution in [0.2, 0.25) is 0 Å². The van der Waals surface area contributed by atoms with Crippen molar-refractivity contribution in [2.45, 2.75) is 40.0 Å². The molecule has 1 aliphatic rings. The van der Waals surface area contributed by atoms with Crippen LogP contribution in [0.3, 0.4) is 0 Å². The fourth-order valence-electron chi connectivity index (χ4n) is 2.66. The Kier molecular flexibility index (Phi) is 6.35. The van der Waals surface area contributed by atoms with Crippen LogP contribution in [0.25, 0.3) is 0 Å². The maximum Gasteiger partial charge on any atom is 0.328 e. The lowest BCUT2D eigenvalue weighted by atomic mass is 9.73. The highest BCUT2D eigenvalue weighted by Crippen LogP contribution is 2.40. The van der Waals surface area contributed by atoms with Crippen LogP contribution in [0.1, 0.15) is 40.0 Å². The number of aliphatic carboxylic acids is 1. The van der Waals surface area contributed by atoms with Crippen molar-refractivity contribution in [1.82, 2.24) is 4.90 Å². The molecule has 0 heterocycles. The molecule has 0 aliphatic heterocycles. The average Bonchev–Trinajstić information content (AvgIpc) is 2.41. The summed E-state index contributed by atoms with van der Waals surface area (Å²) >= 11 is 0. The summed E-state index contributed by atoms with van der Waals surface area (Å²) in [4.78, 5) is 23.7. The van der Waals surface area contributed by atoms with Crippen molar-refractivity contribution >= 4 is 11.9 Å². The Labute approximate surface area is 132 Å². The molecule has 4 nitrogen and oxygen atoms in total. The first-order chi connectivity index (χ1) is 10.2. The minimum Gasteiger partial charge on any atom is -0.478 e. The van der Waals surface area contributed by atoms with Crippen LogP contribution in [-0.4, -0.2) is 28.9 Å². The number of rotatable bonds is 5. The summed E-state index contributed by atoms with van der Waals surface area (Å²) in [6.45, 7) is 6.61. The van der Waals surface area contributed by atoms with E-state index in [2.05, 4.69) is 20.8 Å². The third-order valence-electron chi connectivity index (χ3n) is 3.94. The third-order valence-corrected chi connectivity index (χ3v) is 3.94. The van der Waals surface area contributed by atoms with Gasteiger partial charge in [-0.1, -0.05) is 31.6 Å². The van der Waals surface area contributed by atoms with Gasteiger partial charge < -0.3 is 10.0 Å². The summed E-state index contributed by atoms with van der Waals surface area (Å²) in [6, 6.07) is 0. The lowest BCUT2D eigenvalue weighted by Gasteiger charge is -2.33. The van der Waals surface area contributed by atoms with Crippen molar-refractivity contribution in [3.8, 4) is 0 Å². The predicted octanol–water partition coefficient (Wildman–Crippen LogP) is 3.68. The Balaban J connectivity index is 2.73. The molecule has 0 bridgehead atoms. The number of allylic oxidation sites excluding steroid dienone is 5. The zero-order valence-electron chi connectivity index (χ0n) is 13.8. The van der Waals surface area contributed by atoms with Crippen molar-refractivity contribution in [3.05, 3.63) is 47.7 Å². The SMILES string of the molecule is CC1=C(/C=C/N(C)C(=O)/C=C/C=C/C(=O)O)C(C)(C)CCC1. The Morgan fingerprint density at radius 3 is 2.45 bits per heavy atom. The average molecular weight is 303 g/mol. The fraction of sp³-hybridized carbons (Fsp3) is 0.444. The van der Waals surface area contributed by atoms with Gasteiger partial charge in [0.25, 0.3) is 0 Å². The maximum absolute atomic E-state index is 11.9. The fourth-order valence-corrected chi connectivity index (χ4v) is 2.66. The van der Waals surface area contributed by atoms with Gasteiger partial charge in [0.05, 0.1) is 0 Å². The summed E-state index contributed by atoms with van der Waals surface area (Å²) < 4.78 is 0. The highest BCUT2D eigenvalue weighted by atomic mass is 16.4. The first-order valence-corrected chi connectivity index (χ1v) is 7.47. The summed E-state index contributed by atoms with van der Waals surface area (Å²) in [5.41, 5.74) is 2.82. The van der Waals surface area contributed by atoms with E-state index in [-0.39, 0.29) is 11.3 Å². The van der Waals surface area contributed by atoms with Crippen LogP contribution in [0.15, 0.2) is 47.7 Å². The van der Waals surface area contributed by atoms with Gasteiger partial charge in [-0.15, -0.1) is 0 Å². The van der Waals surface area contributed by atoms with Crippen LogP contribution in [0.4, 0.5) is 0 Å². The lowest BCUT2D eigenvalue weighted by molar-refractivity contribution is -0.131. The van der Waals surface area contributed by atoms with Crippen molar-refractivity contribution in [3.63, 3.8) is 0 Å². The zero-order chi connectivity index (χ0) is 16.8. The number of carboxylic acid groups (broad SMARTS) is 1. The van der Waals surface area contributed by atoms with Crippen LogP contribution in [0.5, 0.6) is 0 Å². The Morgan fingerprint density at radius 2 is 1.86 bits per heavy atom. The summed E-state index contributed by atoms with van der Waals surface area (Å²) in [6.07, 6.45) is 12.4. The molecule has 1 N–H and O–H groups in total. The van der Waals surface area contributed by atoms with Gasteiger partial charge in [-0.05, 0) is 43.3 Å². The molecule has 0 unspecified atom stereocenters. The molecule has 0 saturated carbocycles. The molecule has 0 atom stereocenters. The molecular weight excluding hydrogens is 278 g/mol. The lowest BCUT2D eigenvalue weighted by Crippen LogP contribution is -2.21. The van der Waals surface area contributed by atoms with Gasteiger partial charge >= 0.3 is 5.97 Å². The molecule has 0 radical (unpaired) electrons. The molecule has 0 fully saturated rings. The van der Waals surface area contributed by atoms with E-state index in [1.54, 1.807) is 13.2 Å². The van der Waals surface area contributed by atoms with Crippen molar-refractivity contribution in [1.29, 1.82) is 0 Å². The van der Waals surface area contributed by atoms with Gasteiger partial charge in [0.2, 0.25) is 5.91 Å². The number of hydrogen-bond acceptors (Lipinski definition) is 2. The normalized spacial score (nSPS) is 18.5. The number of hydrogen-bond donors (Lipinski definition) is 1. The van der Waals surface area contributed by atoms with E-state index in [1.807, 2.05) is 6.08 Å². The second-order valence-electron chi connectivity index (χ2n) is 6.25. The largest absolute Gasteiger partial charge is 0.478 e. The second-order valence-corrected chi connectivity index (χ2v) is 6.25. The predicted molar refractivity (Wildman–Crippen MR) is 88.2 cm³/mol. The van der Waals surface area contributed by atoms with Gasteiger partial charge in [-0.3, -0.25) is 4.79 Å². The molecule has 0 saturated heterocycles. The number of likely N-dealkylation sites (N-methyl/N-ethyl adjacent to an activating group) is 1. The van der Waals surface area contributed by atoms with Gasteiger partial charge in [0.1, 0.15) is 0 Å². The summed E-state index contributed by atoms with van der Waals surface area (Å²) in [5, 5.41) is 8.46.